The van der Waals surface area contributed by atoms with Gasteiger partial charge in [0.1, 0.15) is 5.82 Å². The van der Waals surface area contributed by atoms with Crippen LogP contribution in [-0.2, 0) is 4.74 Å². The van der Waals surface area contributed by atoms with Gasteiger partial charge in [-0.15, -0.1) is 0 Å². The molecule has 2 aliphatic heterocycles. The molecule has 4 nitrogen and oxygen atoms in total. The van der Waals surface area contributed by atoms with Gasteiger partial charge >= 0.3 is 0 Å². The summed E-state index contributed by atoms with van der Waals surface area (Å²) in [6, 6.07) is 2.81. The molecule has 1 aromatic rings. The molecule has 0 aliphatic carbocycles. The van der Waals surface area contributed by atoms with Crippen LogP contribution in [-0.4, -0.2) is 37.8 Å². The predicted molar refractivity (Wildman–Crippen MR) is 76.6 cm³/mol. The zero-order valence-corrected chi connectivity index (χ0v) is 11.7. The van der Waals surface area contributed by atoms with Gasteiger partial charge < -0.3 is 15.0 Å². The number of aryl methyl sites for hydroxylation is 1. The van der Waals surface area contributed by atoms with Crippen LogP contribution in [0.1, 0.15) is 36.4 Å². The van der Waals surface area contributed by atoms with Crippen LogP contribution in [0, 0.1) is 6.92 Å². The van der Waals surface area contributed by atoms with E-state index in [1.165, 1.54) is 30.4 Å². The van der Waals surface area contributed by atoms with E-state index in [1.807, 2.05) is 0 Å². The Balaban J connectivity index is 1.76. The van der Waals surface area contributed by atoms with E-state index in [0.29, 0.717) is 6.04 Å². The molecule has 0 bridgehead atoms. The van der Waals surface area contributed by atoms with Crippen molar-refractivity contribution in [1.29, 1.82) is 0 Å². The van der Waals surface area contributed by atoms with Crippen molar-refractivity contribution in [3.8, 4) is 0 Å². The second-order valence-corrected chi connectivity index (χ2v) is 5.51. The van der Waals surface area contributed by atoms with E-state index in [1.54, 1.807) is 0 Å². The number of nitrogens with one attached hydrogen (secondary N) is 1. The monoisotopic (exact) mass is 261 g/mol. The molecule has 3 rings (SSSR count). The van der Waals surface area contributed by atoms with Crippen molar-refractivity contribution in [2.45, 2.75) is 32.2 Å². The fourth-order valence-corrected chi connectivity index (χ4v) is 3.02. The lowest BCUT2D eigenvalue weighted by Gasteiger charge is -2.30. The molecule has 2 aliphatic rings. The lowest BCUT2D eigenvalue weighted by molar-refractivity contribution is 0.122. The van der Waals surface area contributed by atoms with Crippen molar-refractivity contribution in [3.63, 3.8) is 0 Å². The van der Waals surface area contributed by atoms with E-state index >= 15 is 0 Å². The number of hydrogen-bond acceptors (Lipinski definition) is 4. The fourth-order valence-electron chi connectivity index (χ4n) is 3.02. The fraction of sp³-hybridized carbons (Fsp3) is 0.667. The average Bonchev–Trinajstić information content (AvgIpc) is 2.49. The lowest BCUT2D eigenvalue weighted by atomic mass is 9.98. The quantitative estimate of drug-likeness (QED) is 0.884. The molecule has 2 saturated heterocycles. The molecule has 0 spiro atoms. The summed E-state index contributed by atoms with van der Waals surface area (Å²) in [7, 11) is 0. The summed E-state index contributed by atoms with van der Waals surface area (Å²) in [5.74, 6) is 1.13. The van der Waals surface area contributed by atoms with Gasteiger partial charge in [-0.05, 0) is 43.5 Å². The van der Waals surface area contributed by atoms with Crippen molar-refractivity contribution >= 4 is 5.82 Å². The molecule has 0 aromatic carbocycles. The molecule has 1 atom stereocenters. The summed E-state index contributed by atoms with van der Waals surface area (Å²) < 4.78 is 5.40. The van der Waals surface area contributed by atoms with Gasteiger partial charge in [0, 0.05) is 25.3 Å². The molecule has 1 unspecified atom stereocenters. The number of anilines is 1. The van der Waals surface area contributed by atoms with Gasteiger partial charge in [0.05, 0.1) is 13.2 Å². The highest BCUT2D eigenvalue weighted by atomic mass is 16.5. The zero-order valence-electron chi connectivity index (χ0n) is 11.7. The Hall–Kier alpha value is -1.13. The summed E-state index contributed by atoms with van der Waals surface area (Å²) >= 11 is 0. The van der Waals surface area contributed by atoms with Gasteiger partial charge in [-0.2, -0.15) is 0 Å². The van der Waals surface area contributed by atoms with Gasteiger partial charge in [-0.1, -0.05) is 6.42 Å². The highest BCUT2D eigenvalue weighted by molar-refractivity contribution is 5.48. The first-order chi connectivity index (χ1) is 9.34. The number of ether oxygens (including phenoxy) is 1. The van der Waals surface area contributed by atoms with Crippen LogP contribution in [0.4, 0.5) is 5.82 Å². The number of morpholine rings is 1. The second kappa shape index (κ2) is 5.88. The Labute approximate surface area is 115 Å². The van der Waals surface area contributed by atoms with Crippen LogP contribution < -0.4 is 10.2 Å². The Kier molecular flexibility index (Phi) is 3.99. The Bertz CT molecular complexity index is 423. The molecule has 104 valence electrons. The number of hydrogen-bond donors (Lipinski definition) is 1. The predicted octanol–water partition coefficient (Wildman–Crippen LogP) is 2.04. The minimum absolute atomic E-state index is 0.499. The van der Waals surface area contributed by atoms with E-state index in [4.69, 9.17) is 9.72 Å². The summed E-state index contributed by atoms with van der Waals surface area (Å²) in [5.41, 5.74) is 2.63. The molecule has 19 heavy (non-hydrogen) atoms. The van der Waals surface area contributed by atoms with Crippen LogP contribution in [0.25, 0.3) is 0 Å². The Morgan fingerprint density at radius 2 is 2.16 bits per heavy atom. The third-order valence-corrected chi connectivity index (χ3v) is 4.10. The molecule has 0 saturated carbocycles. The minimum Gasteiger partial charge on any atom is -0.378 e. The van der Waals surface area contributed by atoms with Crippen LogP contribution in [0.3, 0.4) is 0 Å². The van der Waals surface area contributed by atoms with Crippen molar-refractivity contribution in [3.05, 3.63) is 23.4 Å². The molecule has 2 fully saturated rings. The molecular weight excluding hydrogens is 238 g/mol. The van der Waals surface area contributed by atoms with Crippen molar-refractivity contribution < 1.29 is 4.74 Å². The third kappa shape index (κ3) is 2.90. The largest absolute Gasteiger partial charge is 0.378 e. The molecule has 0 amide bonds. The molecular formula is C15H23N3O. The van der Waals surface area contributed by atoms with Crippen molar-refractivity contribution in [1.82, 2.24) is 10.3 Å². The number of aromatic nitrogens is 1. The van der Waals surface area contributed by atoms with Gasteiger partial charge in [0.2, 0.25) is 0 Å². The average molecular weight is 261 g/mol. The number of piperidine rings is 1. The molecule has 1 aromatic heterocycles. The van der Waals surface area contributed by atoms with Crippen LogP contribution in [0.5, 0.6) is 0 Å². The Morgan fingerprint density at radius 3 is 2.84 bits per heavy atom. The summed E-state index contributed by atoms with van der Waals surface area (Å²) in [6.07, 6.45) is 5.91. The van der Waals surface area contributed by atoms with E-state index < -0.39 is 0 Å². The highest BCUT2D eigenvalue weighted by Gasteiger charge is 2.18. The summed E-state index contributed by atoms with van der Waals surface area (Å²) in [5, 5.41) is 3.59. The number of pyridine rings is 1. The van der Waals surface area contributed by atoms with E-state index in [2.05, 4.69) is 29.4 Å². The minimum atomic E-state index is 0.499. The highest BCUT2D eigenvalue weighted by Crippen LogP contribution is 2.26. The third-order valence-electron chi connectivity index (χ3n) is 4.10. The van der Waals surface area contributed by atoms with Gasteiger partial charge in [-0.3, -0.25) is 0 Å². The van der Waals surface area contributed by atoms with Gasteiger partial charge in [0.25, 0.3) is 0 Å². The molecule has 3 heterocycles. The topological polar surface area (TPSA) is 37.4 Å². The first-order valence-corrected chi connectivity index (χ1v) is 7.37. The summed E-state index contributed by atoms with van der Waals surface area (Å²) in [6.45, 7) is 6.84. The number of rotatable bonds is 2. The Morgan fingerprint density at radius 1 is 1.32 bits per heavy atom. The normalized spacial score (nSPS) is 24.5. The standard InChI is InChI=1S/C15H23N3O/c1-12-10-13(14-4-2-3-5-16-14)11-17-15(12)18-6-8-19-9-7-18/h10-11,14,16H,2-9H2,1H3. The first-order valence-electron chi connectivity index (χ1n) is 7.37. The van der Waals surface area contributed by atoms with Gasteiger partial charge in [0.15, 0.2) is 0 Å². The van der Waals surface area contributed by atoms with Crippen molar-refractivity contribution in [2.75, 3.05) is 37.7 Å². The van der Waals surface area contributed by atoms with Crippen molar-refractivity contribution in [2.24, 2.45) is 0 Å². The van der Waals surface area contributed by atoms with Gasteiger partial charge in [-0.25, -0.2) is 4.98 Å². The number of nitrogens with zero attached hydrogens (tertiary/aromatic N) is 2. The molecule has 4 heteroatoms. The van der Waals surface area contributed by atoms with Crippen LogP contribution in [0.2, 0.25) is 0 Å². The summed E-state index contributed by atoms with van der Waals surface area (Å²) in [4.78, 5) is 7.04. The zero-order chi connectivity index (χ0) is 13.1. The second-order valence-electron chi connectivity index (χ2n) is 5.51. The van der Waals surface area contributed by atoms with Crippen LogP contribution >= 0.6 is 0 Å². The van der Waals surface area contributed by atoms with E-state index in [0.717, 1.165) is 38.7 Å². The van der Waals surface area contributed by atoms with E-state index in [9.17, 15) is 0 Å². The maximum absolute atomic E-state index is 5.40. The molecule has 1 N–H and O–H groups in total. The maximum Gasteiger partial charge on any atom is 0.131 e. The maximum atomic E-state index is 5.40. The molecule has 0 radical (unpaired) electrons. The lowest BCUT2D eigenvalue weighted by Crippen LogP contribution is -2.37. The van der Waals surface area contributed by atoms with Crippen LogP contribution in [0.15, 0.2) is 12.3 Å². The SMILES string of the molecule is Cc1cc(C2CCCCN2)cnc1N1CCOCC1. The van der Waals surface area contributed by atoms with E-state index in [-0.39, 0.29) is 0 Å². The first kappa shape index (κ1) is 12.9. The smallest absolute Gasteiger partial charge is 0.131 e.